The normalized spacial score (nSPS) is 25.2. The molecule has 9 unspecified atom stereocenters. The van der Waals surface area contributed by atoms with Crippen LogP contribution in [0.25, 0.3) is 38.7 Å². The van der Waals surface area contributed by atoms with E-state index < -0.39 is 122 Å². The summed E-state index contributed by atoms with van der Waals surface area (Å²) in [7, 11) is 1.33. The first-order valence-corrected chi connectivity index (χ1v) is 26.3. The summed E-state index contributed by atoms with van der Waals surface area (Å²) in [5.41, 5.74) is -2.48. The predicted octanol–water partition coefficient (Wildman–Crippen LogP) is 5.36. The smallest absolute Gasteiger partial charge is 0.397 e. The number of fused-ring (bicyclic) bond motifs is 14. The van der Waals surface area contributed by atoms with Crippen LogP contribution >= 0.6 is 0 Å². The Morgan fingerprint density at radius 3 is 2.26 bits per heavy atom. The number of anilines is 3. The van der Waals surface area contributed by atoms with E-state index in [9.17, 15) is 54.6 Å². The lowest BCUT2D eigenvalue weighted by atomic mass is 9.78. The molecule has 1 aromatic heterocycles. The minimum Gasteiger partial charge on any atom is -0.507 e. The summed E-state index contributed by atoms with van der Waals surface area (Å²) < 4.78 is 30.7. The first-order chi connectivity index (χ1) is 37.8. The molecular formula is C58H67N5O17. The molecule has 5 bridgehead atoms. The van der Waals surface area contributed by atoms with Gasteiger partial charge in [-0.2, -0.15) is 0 Å². The van der Waals surface area contributed by atoms with Crippen molar-refractivity contribution < 1.29 is 73.2 Å². The minimum atomic E-state index is -2.12. The van der Waals surface area contributed by atoms with Crippen LogP contribution in [0.15, 0.2) is 80.5 Å². The van der Waals surface area contributed by atoms with E-state index in [-0.39, 0.29) is 55.4 Å². The Hall–Kier alpha value is -8.05. The average molecular weight is 1110 g/mol. The van der Waals surface area contributed by atoms with E-state index in [1.54, 1.807) is 39.8 Å². The zero-order valence-corrected chi connectivity index (χ0v) is 46.0. The van der Waals surface area contributed by atoms with Gasteiger partial charge in [0, 0.05) is 117 Å². The molecule has 22 nitrogen and oxygen atoms in total. The van der Waals surface area contributed by atoms with Crippen LogP contribution < -0.4 is 36.3 Å². The van der Waals surface area contributed by atoms with E-state index in [4.69, 9.17) is 28.3 Å². The third-order valence-corrected chi connectivity index (χ3v) is 15.4. The number of carboxylic acid groups (broad SMARTS) is 1. The van der Waals surface area contributed by atoms with Crippen LogP contribution in [0.3, 0.4) is 0 Å². The number of aliphatic hydroxyl groups is 3. The highest BCUT2D eigenvalue weighted by Gasteiger charge is 2.45. The molecule has 0 saturated carbocycles. The van der Waals surface area contributed by atoms with Crippen molar-refractivity contribution >= 4 is 79.5 Å². The van der Waals surface area contributed by atoms with Crippen LogP contribution in [-0.2, 0) is 28.6 Å². The van der Waals surface area contributed by atoms with Crippen molar-refractivity contribution in [2.24, 2.45) is 29.6 Å². The summed E-state index contributed by atoms with van der Waals surface area (Å²) in [6.45, 7) is 18.6. The lowest BCUT2D eigenvalue weighted by Crippen LogP contribution is -2.47. The molecule has 0 radical (unpaired) electrons. The standard InChI is InChI=1S/C58H67N5O17/c1-26(2)25-62-17-19-63(20-18-62)34-23-37(65)43-39(24-34)78-52-44(60-43)40-41-48(68)32(8)51-42(40)53(70)58(9,80-51)77-21-16-38(76-10)29(5)50(79-57(75)55(72)59-33-14-15-35(56(73)74)36(64)22-33)31(7)47(67)30(6)46(66)27(3)12-11-13-28(4)54(71)61-45(52)49(41)69/h11-16,21-24,26-27,29-31,38,46-47,50,64,66-68,70H,17-20,25H2,1-10H3,(H,59,72)(H,61,71)(H,73,74). The minimum absolute atomic E-state index is 0.00705. The molecule has 0 aliphatic carbocycles. The van der Waals surface area contributed by atoms with Crippen LogP contribution in [0.5, 0.6) is 17.2 Å². The number of phenolic OH excluding ortho intramolecular Hbond substituents is 1. The second kappa shape index (κ2) is 23.0. The number of amides is 2. The number of esters is 1. The number of hydrogen-bond donors (Lipinski definition) is 8. The van der Waals surface area contributed by atoms with Crippen LogP contribution in [-0.4, -0.2) is 134 Å². The molecule has 4 aliphatic heterocycles. The van der Waals surface area contributed by atoms with Crippen molar-refractivity contribution in [1.82, 2.24) is 9.88 Å². The van der Waals surface area contributed by atoms with E-state index >= 15 is 4.79 Å². The highest BCUT2D eigenvalue weighted by Crippen LogP contribution is 2.42. The largest absolute Gasteiger partial charge is 0.507 e. The number of carbonyl (C=O) groups excluding carboxylic acids is 3. The lowest BCUT2D eigenvalue weighted by molar-refractivity contribution is -0.167. The zero-order chi connectivity index (χ0) is 58.4. The van der Waals surface area contributed by atoms with Crippen molar-refractivity contribution in [1.29, 1.82) is 0 Å². The van der Waals surface area contributed by atoms with Gasteiger partial charge in [0.1, 0.15) is 40.1 Å². The molecule has 4 aliphatic rings. The van der Waals surface area contributed by atoms with Gasteiger partial charge in [0.05, 0.1) is 35.2 Å². The SMILES string of the molecule is COC1C=COC2(C)Oc3c(C)c(O)c4c(=O)c(c5oc6cc(N7CCN(CC(C)C)CC7)cc(=O)c6nc5c4c3=C2O)NC(=O)C(C)=CC=CC(C)C(O)C(C)C(O)C(C)C(OC(=O)C(=O)Nc2ccc(C(=O)O)c(O)c2)C1C. The maximum atomic E-state index is 15.0. The third-order valence-electron chi connectivity index (χ3n) is 15.4. The molecule has 8 N–H and O–H groups in total. The van der Waals surface area contributed by atoms with Gasteiger partial charge in [-0.15, -0.1) is 0 Å². The van der Waals surface area contributed by atoms with Crippen LogP contribution in [0.1, 0.15) is 71.3 Å². The zero-order valence-electron chi connectivity index (χ0n) is 46.0. The van der Waals surface area contributed by atoms with Gasteiger partial charge in [0.2, 0.25) is 10.9 Å². The van der Waals surface area contributed by atoms with E-state index in [1.165, 1.54) is 52.2 Å². The molecule has 9 rings (SSSR count). The molecule has 9 atom stereocenters. The number of aliphatic hydroxyl groups excluding tert-OH is 3. The van der Waals surface area contributed by atoms with Gasteiger partial charge < -0.3 is 69.5 Å². The van der Waals surface area contributed by atoms with Crippen LogP contribution in [0.4, 0.5) is 17.1 Å². The Morgan fingerprint density at radius 1 is 0.912 bits per heavy atom. The van der Waals surface area contributed by atoms with Gasteiger partial charge >= 0.3 is 23.6 Å². The molecule has 1 saturated heterocycles. The van der Waals surface area contributed by atoms with Gasteiger partial charge in [-0.3, -0.25) is 24.1 Å². The number of carboxylic acids is 1. The van der Waals surface area contributed by atoms with E-state index in [0.29, 0.717) is 24.7 Å². The van der Waals surface area contributed by atoms with E-state index in [0.717, 1.165) is 44.1 Å². The summed E-state index contributed by atoms with van der Waals surface area (Å²) in [5.74, 6) is -12.2. The van der Waals surface area contributed by atoms with Crippen molar-refractivity contribution in [3.05, 3.63) is 103 Å². The number of aromatic hydroxyl groups is 2. The Balaban J connectivity index is 1.25. The Bertz CT molecular complexity index is 3580. The number of nitrogens with one attached hydrogen (secondary N) is 2. The lowest BCUT2D eigenvalue weighted by Gasteiger charge is -2.38. The van der Waals surface area contributed by atoms with Gasteiger partial charge in [0.15, 0.2) is 22.4 Å². The molecule has 4 aromatic carbocycles. The Kier molecular flexibility index (Phi) is 16.7. The van der Waals surface area contributed by atoms with Crippen molar-refractivity contribution in [3.63, 3.8) is 0 Å². The first kappa shape index (κ1) is 58.1. The number of nitrogens with zero attached hydrogens (tertiary/aromatic N) is 3. The monoisotopic (exact) mass is 1110 g/mol. The fourth-order valence-electron chi connectivity index (χ4n) is 10.7. The number of carbonyl (C=O) groups is 4. The van der Waals surface area contributed by atoms with E-state index in [2.05, 4.69) is 34.3 Å². The summed E-state index contributed by atoms with van der Waals surface area (Å²) >= 11 is 0. The number of allylic oxidation sites excluding steroid dienone is 2. The van der Waals surface area contributed by atoms with Crippen molar-refractivity contribution in [3.8, 4) is 17.2 Å². The molecule has 426 valence electrons. The van der Waals surface area contributed by atoms with Gasteiger partial charge in [-0.25, -0.2) is 14.6 Å². The molecule has 2 amide bonds. The summed E-state index contributed by atoms with van der Waals surface area (Å²) in [6, 6.07) is 6.21. The highest BCUT2D eigenvalue weighted by molar-refractivity contribution is 6.37. The topological polar surface area (TPSA) is 317 Å². The molecule has 22 heteroatoms. The van der Waals surface area contributed by atoms with Gasteiger partial charge in [-0.1, -0.05) is 59.8 Å². The molecule has 1 fully saturated rings. The molecule has 80 heavy (non-hydrogen) atoms. The number of aromatic nitrogens is 1. The van der Waals surface area contributed by atoms with Gasteiger partial charge in [0.25, 0.3) is 5.91 Å². The number of rotatable bonds is 7. The molecule has 5 heterocycles. The number of hydrogen-bond acceptors (Lipinski definition) is 19. The Labute approximate surface area is 459 Å². The predicted molar refractivity (Wildman–Crippen MR) is 297 cm³/mol. The number of benzene rings is 4. The first-order valence-electron chi connectivity index (χ1n) is 26.3. The molecule has 0 spiro atoms. The second-order valence-corrected chi connectivity index (χ2v) is 21.5. The summed E-state index contributed by atoms with van der Waals surface area (Å²) in [4.78, 5) is 90.9. The fourth-order valence-corrected chi connectivity index (χ4v) is 10.7. The summed E-state index contributed by atoms with van der Waals surface area (Å²) in [5, 5.41) is 71.6. The van der Waals surface area contributed by atoms with E-state index in [1.807, 2.05) is 0 Å². The average Bonchev–Trinajstić information content (AvgIpc) is 3.82. The Morgan fingerprint density at radius 2 is 1.61 bits per heavy atom. The van der Waals surface area contributed by atoms with Crippen LogP contribution in [0.2, 0.25) is 0 Å². The number of aromatic carboxylic acids is 1. The van der Waals surface area contributed by atoms with Crippen LogP contribution in [0, 0.1) is 36.5 Å². The number of ether oxygens (including phenoxy) is 4. The third kappa shape index (κ3) is 11.1. The van der Waals surface area contributed by atoms with Crippen molar-refractivity contribution in [2.75, 3.05) is 55.4 Å². The number of phenols is 2. The maximum Gasteiger partial charge on any atom is 0.397 e. The fraction of sp³-hybridized carbons (Fsp3) is 0.431. The quantitative estimate of drug-likeness (QED) is 0.0440. The highest BCUT2D eigenvalue weighted by atomic mass is 16.7. The number of piperazine rings is 1. The molecule has 5 aromatic rings. The number of methoxy groups -OCH3 is 1. The maximum absolute atomic E-state index is 15.0. The summed E-state index contributed by atoms with van der Waals surface area (Å²) in [6.07, 6.45) is 1.92. The molecular weight excluding hydrogens is 1040 g/mol. The van der Waals surface area contributed by atoms with Gasteiger partial charge in [-0.05, 0) is 38.0 Å². The van der Waals surface area contributed by atoms with Crippen molar-refractivity contribution in [2.45, 2.75) is 92.5 Å². The second-order valence-electron chi connectivity index (χ2n) is 21.5.